The first-order chi connectivity index (χ1) is 8.27. The van der Waals surface area contributed by atoms with E-state index in [1.807, 2.05) is 6.92 Å². The molecule has 1 rings (SSSR count). The lowest BCUT2D eigenvalue weighted by Gasteiger charge is -2.20. The van der Waals surface area contributed by atoms with Crippen LogP contribution in [0.1, 0.15) is 27.2 Å². The van der Waals surface area contributed by atoms with Crippen LogP contribution in [0.15, 0.2) is 0 Å². The highest BCUT2D eigenvalue weighted by Crippen LogP contribution is 2.18. The zero-order valence-corrected chi connectivity index (χ0v) is 11.0. The van der Waals surface area contributed by atoms with Gasteiger partial charge in [0.1, 0.15) is 0 Å². The summed E-state index contributed by atoms with van der Waals surface area (Å²) in [6.07, 6.45) is 0.215. The first-order valence-electron chi connectivity index (χ1n) is 6.06. The predicted molar refractivity (Wildman–Crippen MR) is 64.8 cm³/mol. The summed E-state index contributed by atoms with van der Waals surface area (Å²) in [5, 5.41) is 11.5. The van der Waals surface area contributed by atoms with Crippen molar-refractivity contribution in [3.8, 4) is 0 Å². The number of nitrogens with one attached hydrogen (secondary N) is 1. The number of carbonyl (C=O) groups excluding carboxylic acids is 2. The van der Waals surface area contributed by atoms with E-state index in [1.165, 1.54) is 0 Å². The molecule has 0 aromatic carbocycles. The molecule has 2 amide bonds. The second-order valence-corrected chi connectivity index (χ2v) is 5.24. The number of carboxylic acids is 1. The second kappa shape index (κ2) is 5.37. The fraction of sp³-hybridized carbons (Fsp3) is 0.750. The first kappa shape index (κ1) is 14.5. The van der Waals surface area contributed by atoms with Gasteiger partial charge in [0.25, 0.3) is 0 Å². The van der Waals surface area contributed by atoms with Crippen molar-refractivity contribution >= 4 is 17.8 Å². The van der Waals surface area contributed by atoms with Crippen molar-refractivity contribution in [1.82, 2.24) is 10.2 Å². The van der Waals surface area contributed by atoms with Gasteiger partial charge in [-0.05, 0) is 20.8 Å². The van der Waals surface area contributed by atoms with Crippen LogP contribution in [0.5, 0.6) is 0 Å². The minimum absolute atomic E-state index is 0.0184. The van der Waals surface area contributed by atoms with E-state index < -0.39 is 11.4 Å². The van der Waals surface area contributed by atoms with Crippen molar-refractivity contribution in [3.63, 3.8) is 0 Å². The van der Waals surface area contributed by atoms with Gasteiger partial charge in [0, 0.05) is 26.1 Å². The van der Waals surface area contributed by atoms with Crippen LogP contribution >= 0.6 is 0 Å². The summed E-state index contributed by atoms with van der Waals surface area (Å²) >= 11 is 0. The highest BCUT2D eigenvalue weighted by molar-refractivity contribution is 5.89. The Morgan fingerprint density at radius 1 is 1.50 bits per heavy atom. The molecule has 1 unspecified atom stereocenters. The van der Waals surface area contributed by atoms with Gasteiger partial charge in [-0.25, -0.2) is 0 Å². The molecule has 1 saturated heterocycles. The number of hydrogen-bond donors (Lipinski definition) is 2. The Morgan fingerprint density at radius 3 is 2.56 bits per heavy atom. The van der Waals surface area contributed by atoms with E-state index in [4.69, 9.17) is 5.11 Å². The lowest BCUT2D eigenvalue weighted by Crippen LogP contribution is -2.41. The van der Waals surface area contributed by atoms with E-state index in [9.17, 15) is 14.4 Å². The standard InChI is InChI=1S/C12H20N2O4/c1-4-14-6-8(5-9(14)15)10(16)13-7-12(2,3)11(17)18/h8H,4-7H2,1-3H3,(H,13,16)(H,17,18). The average molecular weight is 256 g/mol. The number of likely N-dealkylation sites (tertiary alicyclic amines) is 1. The fourth-order valence-electron chi connectivity index (χ4n) is 1.78. The number of hydrogen-bond acceptors (Lipinski definition) is 3. The zero-order valence-electron chi connectivity index (χ0n) is 11.0. The van der Waals surface area contributed by atoms with E-state index in [0.717, 1.165) is 0 Å². The maximum Gasteiger partial charge on any atom is 0.310 e. The van der Waals surface area contributed by atoms with Crippen molar-refractivity contribution in [2.75, 3.05) is 19.6 Å². The maximum atomic E-state index is 11.8. The van der Waals surface area contributed by atoms with Gasteiger partial charge in [0.05, 0.1) is 11.3 Å². The van der Waals surface area contributed by atoms with Gasteiger partial charge in [-0.3, -0.25) is 14.4 Å². The molecule has 0 radical (unpaired) electrons. The second-order valence-electron chi connectivity index (χ2n) is 5.24. The van der Waals surface area contributed by atoms with Crippen LogP contribution in [0.3, 0.4) is 0 Å². The summed E-state index contributed by atoms with van der Waals surface area (Å²) in [6, 6.07) is 0. The van der Waals surface area contributed by atoms with Crippen LogP contribution in [-0.2, 0) is 14.4 Å². The van der Waals surface area contributed by atoms with E-state index in [-0.39, 0.29) is 30.7 Å². The molecule has 18 heavy (non-hydrogen) atoms. The van der Waals surface area contributed by atoms with Crippen molar-refractivity contribution in [1.29, 1.82) is 0 Å². The molecule has 1 aliphatic heterocycles. The van der Waals surface area contributed by atoms with Gasteiger partial charge in [-0.1, -0.05) is 0 Å². The number of nitrogens with zero attached hydrogens (tertiary/aromatic N) is 1. The SMILES string of the molecule is CCN1CC(C(=O)NCC(C)(C)C(=O)O)CC1=O. The largest absolute Gasteiger partial charge is 0.481 e. The molecule has 6 heteroatoms. The molecule has 102 valence electrons. The number of aliphatic carboxylic acids is 1. The Balaban J connectivity index is 2.48. The van der Waals surface area contributed by atoms with Gasteiger partial charge in [0.15, 0.2) is 0 Å². The summed E-state index contributed by atoms with van der Waals surface area (Å²) < 4.78 is 0. The monoisotopic (exact) mass is 256 g/mol. The van der Waals surface area contributed by atoms with E-state index >= 15 is 0 Å². The number of amides is 2. The molecule has 1 fully saturated rings. The summed E-state index contributed by atoms with van der Waals surface area (Å²) in [4.78, 5) is 35.8. The first-order valence-corrected chi connectivity index (χ1v) is 6.06. The molecule has 0 aliphatic carbocycles. The minimum atomic E-state index is -0.997. The summed E-state index contributed by atoms with van der Waals surface area (Å²) in [6.45, 7) is 6.06. The molecular formula is C12H20N2O4. The summed E-state index contributed by atoms with van der Waals surface area (Å²) in [7, 11) is 0. The van der Waals surface area contributed by atoms with E-state index in [0.29, 0.717) is 13.1 Å². The van der Waals surface area contributed by atoms with Crippen LogP contribution in [0, 0.1) is 11.3 Å². The smallest absolute Gasteiger partial charge is 0.310 e. The van der Waals surface area contributed by atoms with Crippen molar-refractivity contribution < 1.29 is 19.5 Å². The van der Waals surface area contributed by atoms with E-state index in [1.54, 1.807) is 18.7 Å². The van der Waals surface area contributed by atoms with Gasteiger partial charge >= 0.3 is 5.97 Å². The van der Waals surface area contributed by atoms with Crippen molar-refractivity contribution in [2.24, 2.45) is 11.3 Å². The average Bonchev–Trinajstić information content (AvgIpc) is 2.67. The van der Waals surface area contributed by atoms with Crippen LogP contribution in [-0.4, -0.2) is 47.4 Å². The minimum Gasteiger partial charge on any atom is -0.481 e. The Bertz CT molecular complexity index is 365. The highest BCUT2D eigenvalue weighted by atomic mass is 16.4. The molecule has 0 aromatic rings. The molecule has 1 heterocycles. The molecule has 0 spiro atoms. The van der Waals surface area contributed by atoms with Crippen LogP contribution in [0.4, 0.5) is 0 Å². The van der Waals surface area contributed by atoms with Crippen LogP contribution in [0.25, 0.3) is 0 Å². The maximum absolute atomic E-state index is 11.8. The van der Waals surface area contributed by atoms with Gasteiger partial charge in [0.2, 0.25) is 11.8 Å². The normalized spacial score (nSPS) is 20.1. The number of carboxylic acid groups (broad SMARTS) is 1. The quantitative estimate of drug-likeness (QED) is 0.729. The lowest BCUT2D eigenvalue weighted by atomic mass is 9.93. The van der Waals surface area contributed by atoms with Crippen molar-refractivity contribution in [3.05, 3.63) is 0 Å². The third kappa shape index (κ3) is 3.21. The van der Waals surface area contributed by atoms with Crippen molar-refractivity contribution in [2.45, 2.75) is 27.2 Å². The summed E-state index contributed by atoms with van der Waals surface area (Å²) in [5.41, 5.74) is -0.997. The molecular weight excluding hydrogens is 236 g/mol. The Morgan fingerprint density at radius 2 is 2.11 bits per heavy atom. The van der Waals surface area contributed by atoms with Gasteiger partial charge in [-0.15, -0.1) is 0 Å². The van der Waals surface area contributed by atoms with Crippen LogP contribution < -0.4 is 5.32 Å². The number of rotatable bonds is 5. The Kier molecular flexibility index (Phi) is 4.32. The predicted octanol–water partition coefficient (Wildman–Crippen LogP) is 0.0818. The van der Waals surface area contributed by atoms with E-state index in [2.05, 4.69) is 5.32 Å². The molecule has 0 aromatic heterocycles. The van der Waals surface area contributed by atoms with Crippen LogP contribution in [0.2, 0.25) is 0 Å². The Hall–Kier alpha value is -1.59. The Labute approximate surface area is 106 Å². The molecule has 1 atom stereocenters. The molecule has 6 nitrogen and oxygen atoms in total. The molecule has 0 saturated carbocycles. The third-order valence-corrected chi connectivity index (χ3v) is 3.25. The number of carbonyl (C=O) groups is 3. The zero-order chi connectivity index (χ0) is 13.9. The molecule has 1 aliphatic rings. The third-order valence-electron chi connectivity index (χ3n) is 3.25. The molecule has 0 bridgehead atoms. The summed E-state index contributed by atoms with van der Waals surface area (Å²) in [5.74, 6) is -1.58. The van der Waals surface area contributed by atoms with Gasteiger partial charge < -0.3 is 15.3 Å². The molecule has 2 N–H and O–H groups in total. The van der Waals surface area contributed by atoms with Gasteiger partial charge in [-0.2, -0.15) is 0 Å². The topological polar surface area (TPSA) is 86.7 Å². The fourth-order valence-corrected chi connectivity index (χ4v) is 1.78. The highest BCUT2D eigenvalue weighted by Gasteiger charge is 2.35. The lowest BCUT2D eigenvalue weighted by molar-refractivity contribution is -0.147.